The molecule has 5 rings (SSSR count). The Morgan fingerprint density at radius 3 is 2.62 bits per heavy atom. The maximum absolute atomic E-state index is 13.4. The van der Waals surface area contributed by atoms with Gasteiger partial charge in [-0.05, 0) is 84.3 Å². The van der Waals surface area contributed by atoms with Gasteiger partial charge in [0.25, 0.3) is 0 Å². The van der Waals surface area contributed by atoms with Gasteiger partial charge in [0, 0.05) is 50.4 Å². The summed E-state index contributed by atoms with van der Waals surface area (Å²) in [6, 6.07) is 13.8. The number of nitrogens with one attached hydrogen (secondary N) is 2. The number of nitrogens with zero attached hydrogens (tertiary/aromatic N) is 6. The summed E-state index contributed by atoms with van der Waals surface area (Å²) in [5.41, 5.74) is 2.60. The van der Waals surface area contributed by atoms with Crippen LogP contribution in [0.4, 0.5) is 14.9 Å². The number of anilines is 1. The Labute approximate surface area is 246 Å². The smallest absolute Gasteiger partial charge is 0.319 e. The highest BCUT2D eigenvalue weighted by Crippen LogP contribution is 2.26. The predicted octanol–water partition coefficient (Wildman–Crippen LogP) is 3.97. The molecule has 2 saturated heterocycles. The van der Waals surface area contributed by atoms with Gasteiger partial charge in [-0.3, -0.25) is 4.79 Å². The van der Waals surface area contributed by atoms with Crippen LogP contribution < -0.4 is 10.6 Å². The largest absolute Gasteiger partial charge is 0.340 e. The lowest BCUT2D eigenvalue weighted by atomic mass is 9.87. The molecule has 2 N–H and O–H groups in total. The van der Waals surface area contributed by atoms with Crippen molar-refractivity contribution in [2.45, 2.75) is 45.6 Å². The first-order chi connectivity index (χ1) is 20.2. The van der Waals surface area contributed by atoms with Crippen LogP contribution in [0.3, 0.4) is 0 Å². The number of aromatic nitrogens is 4. The highest BCUT2D eigenvalue weighted by Gasteiger charge is 2.35. The molecule has 0 saturated carbocycles. The van der Waals surface area contributed by atoms with Crippen LogP contribution in [0.2, 0.25) is 0 Å². The average Bonchev–Trinajstić information content (AvgIpc) is 3.41. The van der Waals surface area contributed by atoms with Crippen molar-refractivity contribution in [3.63, 3.8) is 0 Å². The van der Waals surface area contributed by atoms with Gasteiger partial charge in [-0.1, -0.05) is 38.1 Å². The summed E-state index contributed by atoms with van der Waals surface area (Å²) in [7, 11) is 1.77. The van der Waals surface area contributed by atoms with Crippen LogP contribution in [0.5, 0.6) is 0 Å². The second-order valence-electron chi connectivity index (χ2n) is 12.0. The van der Waals surface area contributed by atoms with E-state index in [9.17, 15) is 14.0 Å². The predicted molar refractivity (Wildman–Crippen MR) is 159 cm³/mol. The first-order valence-electron chi connectivity index (χ1n) is 14.9. The molecule has 3 aromatic rings. The number of aryl methyl sites for hydroxylation is 1. The van der Waals surface area contributed by atoms with Crippen LogP contribution in [0.1, 0.15) is 38.7 Å². The van der Waals surface area contributed by atoms with E-state index in [2.05, 4.69) is 31.1 Å². The minimum Gasteiger partial charge on any atom is -0.340 e. The van der Waals surface area contributed by atoms with Crippen LogP contribution in [0.25, 0.3) is 11.4 Å². The van der Waals surface area contributed by atoms with Gasteiger partial charge in [0.1, 0.15) is 5.82 Å². The standard InChI is InChI=1S/C31H41FN8O2/c1-21(2)30(41)40-15-13-25(19-39-14-5-6-23(18-39)16-22-9-11-26(32)12-10-22)28(20-40)34-31(42)33-27-8-4-7-24(17-27)29-35-36-37-38(29)3/h4,7-12,17,21,23,25,28H,5-6,13-16,18-20H2,1-3H3,(H2,33,34,42)/t23?,25-,28-/m0/s1. The van der Waals surface area contributed by atoms with Crippen molar-refractivity contribution in [1.82, 2.24) is 35.3 Å². The third-order valence-electron chi connectivity index (χ3n) is 8.41. The zero-order valence-electron chi connectivity index (χ0n) is 24.7. The van der Waals surface area contributed by atoms with Crippen molar-refractivity contribution in [3.8, 4) is 11.4 Å². The number of likely N-dealkylation sites (tertiary alicyclic amines) is 2. The SMILES string of the molecule is CC(C)C(=O)N1CC[C@@H](CN2CCCC(Cc3ccc(F)cc3)C2)[C@@H](NC(=O)Nc2cccc(-c3nnnn3C)c2)C1. The molecule has 224 valence electrons. The summed E-state index contributed by atoms with van der Waals surface area (Å²) in [4.78, 5) is 30.5. The fourth-order valence-electron chi connectivity index (χ4n) is 6.26. The number of hydrogen-bond acceptors (Lipinski definition) is 6. The van der Waals surface area contributed by atoms with Crippen molar-refractivity contribution in [2.24, 2.45) is 24.8 Å². The highest BCUT2D eigenvalue weighted by atomic mass is 19.1. The molecule has 11 heteroatoms. The third-order valence-corrected chi connectivity index (χ3v) is 8.41. The number of amides is 3. The molecule has 42 heavy (non-hydrogen) atoms. The summed E-state index contributed by atoms with van der Waals surface area (Å²) >= 11 is 0. The molecular weight excluding hydrogens is 535 g/mol. The molecule has 3 amide bonds. The second-order valence-corrected chi connectivity index (χ2v) is 12.0. The normalized spacial score (nSPS) is 21.4. The quantitative estimate of drug-likeness (QED) is 0.420. The van der Waals surface area contributed by atoms with E-state index >= 15 is 0 Å². The summed E-state index contributed by atoms with van der Waals surface area (Å²) < 4.78 is 15.0. The Kier molecular flexibility index (Phi) is 9.46. The van der Waals surface area contributed by atoms with Crippen LogP contribution >= 0.6 is 0 Å². The number of rotatable bonds is 8. The maximum Gasteiger partial charge on any atom is 0.319 e. The zero-order valence-corrected chi connectivity index (χ0v) is 24.7. The third kappa shape index (κ3) is 7.50. The topological polar surface area (TPSA) is 108 Å². The van der Waals surface area contributed by atoms with E-state index in [1.54, 1.807) is 11.7 Å². The number of benzene rings is 2. The lowest BCUT2D eigenvalue weighted by molar-refractivity contribution is -0.136. The molecule has 2 aliphatic heterocycles. The molecule has 1 unspecified atom stereocenters. The van der Waals surface area contributed by atoms with Gasteiger partial charge in [0.2, 0.25) is 5.91 Å². The van der Waals surface area contributed by atoms with E-state index < -0.39 is 0 Å². The zero-order chi connectivity index (χ0) is 29.6. The minimum atomic E-state index is -0.301. The van der Waals surface area contributed by atoms with Gasteiger partial charge in [-0.2, -0.15) is 0 Å². The number of tetrazole rings is 1. The van der Waals surface area contributed by atoms with E-state index in [-0.39, 0.29) is 35.6 Å². The van der Waals surface area contributed by atoms with E-state index in [0.717, 1.165) is 50.9 Å². The Hall–Kier alpha value is -3.86. The molecular formula is C31H41FN8O2. The molecule has 2 fully saturated rings. The van der Waals surface area contributed by atoms with Gasteiger partial charge in [-0.15, -0.1) is 5.10 Å². The molecule has 0 radical (unpaired) electrons. The molecule has 0 bridgehead atoms. The van der Waals surface area contributed by atoms with E-state index in [4.69, 9.17) is 0 Å². The first kappa shape index (κ1) is 29.6. The Morgan fingerprint density at radius 2 is 1.88 bits per heavy atom. The van der Waals surface area contributed by atoms with Crippen molar-refractivity contribution in [1.29, 1.82) is 0 Å². The number of urea groups is 1. The minimum absolute atomic E-state index is 0.0943. The number of hydrogen-bond donors (Lipinski definition) is 2. The molecule has 0 aliphatic carbocycles. The van der Waals surface area contributed by atoms with Crippen molar-refractivity contribution in [2.75, 3.05) is 38.0 Å². The van der Waals surface area contributed by atoms with E-state index in [1.807, 2.05) is 55.1 Å². The monoisotopic (exact) mass is 576 g/mol. The van der Waals surface area contributed by atoms with Gasteiger partial charge < -0.3 is 20.4 Å². The highest BCUT2D eigenvalue weighted by molar-refractivity contribution is 5.90. The molecule has 3 heterocycles. The maximum atomic E-state index is 13.4. The fourth-order valence-corrected chi connectivity index (χ4v) is 6.26. The summed E-state index contributed by atoms with van der Waals surface area (Å²) in [6.07, 6.45) is 4.04. The van der Waals surface area contributed by atoms with Crippen LogP contribution in [-0.4, -0.2) is 80.7 Å². The number of carbonyl (C=O) groups is 2. The fraction of sp³-hybridized carbons (Fsp3) is 0.516. The molecule has 10 nitrogen and oxygen atoms in total. The number of piperidine rings is 2. The van der Waals surface area contributed by atoms with Crippen molar-refractivity contribution < 1.29 is 14.0 Å². The lowest BCUT2D eigenvalue weighted by Gasteiger charge is -2.43. The lowest BCUT2D eigenvalue weighted by Crippen LogP contribution is -2.58. The summed E-state index contributed by atoms with van der Waals surface area (Å²) in [6.45, 7) is 7.88. The Bertz CT molecular complexity index is 1360. The molecule has 2 aliphatic rings. The van der Waals surface area contributed by atoms with Crippen molar-refractivity contribution >= 4 is 17.6 Å². The molecule has 0 spiro atoms. The van der Waals surface area contributed by atoms with Crippen LogP contribution in [-0.2, 0) is 18.3 Å². The Balaban J connectivity index is 1.24. The van der Waals surface area contributed by atoms with E-state index in [0.29, 0.717) is 30.5 Å². The average molecular weight is 577 g/mol. The molecule has 1 aromatic heterocycles. The Morgan fingerprint density at radius 1 is 1.07 bits per heavy atom. The number of halogens is 1. The van der Waals surface area contributed by atoms with Crippen LogP contribution in [0.15, 0.2) is 48.5 Å². The molecule has 3 atom stereocenters. The van der Waals surface area contributed by atoms with Crippen molar-refractivity contribution in [3.05, 3.63) is 59.9 Å². The number of carbonyl (C=O) groups excluding carboxylic acids is 2. The summed E-state index contributed by atoms with van der Waals surface area (Å²) in [5.74, 6) is 1.15. The summed E-state index contributed by atoms with van der Waals surface area (Å²) in [5, 5.41) is 17.8. The van der Waals surface area contributed by atoms with Crippen LogP contribution in [0, 0.1) is 23.6 Å². The molecule has 2 aromatic carbocycles. The second kappa shape index (κ2) is 13.4. The van der Waals surface area contributed by atoms with Gasteiger partial charge in [-0.25, -0.2) is 13.9 Å². The van der Waals surface area contributed by atoms with Gasteiger partial charge >= 0.3 is 6.03 Å². The first-order valence-corrected chi connectivity index (χ1v) is 14.9. The van der Waals surface area contributed by atoms with Gasteiger partial charge in [0.05, 0.1) is 6.04 Å². The van der Waals surface area contributed by atoms with Gasteiger partial charge in [0.15, 0.2) is 5.82 Å². The van der Waals surface area contributed by atoms with E-state index in [1.165, 1.54) is 17.7 Å².